The lowest BCUT2D eigenvalue weighted by molar-refractivity contribution is 0.262. The van der Waals surface area contributed by atoms with Crippen LogP contribution in [0.1, 0.15) is 18.4 Å². The summed E-state index contributed by atoms with van der Waals surface area (Å²) in [5.41, 5.74) is 2.11. The van der Waals surface area contributed by atoms with Crippen molar-refractivity contribution < 1.29 is 9.18 Å². The number of aromatic nitrogens is 4. The number of carbonyl (C=O) groups is 1. The van der Waals surface area contributed by atoms with Crippen LogP contribution in [0.4, 0.5) is 20.6 Å². The van der Waals surface area contributed by atoms with Gasteiger partial charge in [-0.3, -0.25) is 0 Å². The van der Waals surface area contributed by atoms with Crippen molar-refractivity contribution in [3.8, 4) is 0 Å². The molecule has 0 saturated carbocycles. The molecule has 9 heteroatoms. The summed E-state index contributed by atoms with van der Waals surface area (Å²) < 4.78 is 14.7. The van der Waals surface area contributed by atoms with Crippen LogP contribution in [-0.2, 0) is 6.42 Å². The third kappa shape index (κ3) is 4.57. The second-order valence-electron chi connectivity index (χ2n) is 6.52. The van der Waals surface area contributed by atoms with E-state index in [0.29, 0.717) is 23.0 Å². The van der Waals surface area contributed by atoms with Crippen molar-refractivity contribution in [2.75, 3.05) is 10.6 Å². The Morgan fingerprint density at radius 3 is 2.30 bits per heavy atom. The lowest BCUT2D eigenvalue weighted by atomic mass is 10.3. The fourth-order valence-corrected chi connectivity index (χ4v) is 3.71. The Labute approximate surface area is 176 Å². The molecule has 0 aliphatic heterocycles. The van der Waals surface area contributed by atoms with Gasteiger partial charge in [-0.25, -0.2) is 14.2 Å². The SMILES string of the molecule is CCc1cc(Sc2ccc(NC(=O)Nc3ccc(F)cc3)cc2)n2nc(C)nc2n1. The Kier molecular flexibility index (Phi) is 5.62. The first kappa shape index (κ1) is 19.8. The minimum atomic E-state index is -0.400. The second-order valence-corrected chi connectivity index (χ2v) is 7.62. The monoisotopic (exact) mass is 422 g/mol. The zero-order chi connectivity index (χ0) is 21.1. The Morgan fingerprint density at radius 1 is 1.03 bits per heavy atom. The number of nitrogens with zero attached hydrogens (tertiary/aromatic N) is 4. The number of aryl methyl sites for hydroxylation is 2. The van der Waals surface area contributed by atoms with Gasteiger partial charge in [-0.15, -0.1) is 5.10 Å². The average Bonchev–Trinajstić information content (AvgIpc) is 3.11. The molecule has 4 rings (SSSR count). The van der Waals surface area contributed by atoms with Crippen LogP contribution in [0.5, 0.6) is 0 Å². The molecule has 0 fully saturated rings. The maximum atomic E-state index is 13.0. The normalized spacial score (nSPS) is 10.9. The third-order valence-electron chi connectivity index (χ3n) is 4.24. The number of nitrogens with one attached hydrogen (secondary N) is 2. The molecule has 0 saturated heterocycles. The molecular formula is C21H19FN6OS. The number of anilines is 2. The van der Waals surface area contributed by atoms with Gasteiger partial charge in [0, 0.05) is 22.0 Å². The number of amides is 2. The van der Waals surface area contributed by atoms with Gasteiger partial charge in [-0.2, -0.15) is 9.50 Å². The Bertz CT molecular complexity index is 1190. The topological polar surface area (TPSA) is 84.2 Å². The molecule has 7 nitrogen and oxygen atoms in total. The van der Waals surface area contributed by atoms with Gasteiger partial charge in [0.25, 0.3) is 5.78 Å². The van der Waals surface area contributed by atoms with Crippen LogP contribution in [0.25, 0.3) is 5.78 Å². The highest BCUT2D eigenvalue weighted by molar-refractivity contribution is 7.99. The van der Waals surface area contributed by atoms with E-state index < -0.39 is 6.03 Å². The minimum absolute atomic E-state index is 0.354. The van der Waals surface area contributed by atoms with Gasteiger partial charge in [0.1, 0.15) is 16.7 Å². The standard InChI is InChI=1S/C21H19FN6OS/c1-3-15-12-19(28-20(24-15)23-13(2)27-28)30-18-10-8-17(9-11-18)26-21(29)25-16-6-4-14(22)5-7-16/h4-12H,3H2,1-2H3,(H2,25,26,29). The first-order valence-corrected chi connectivity index (χ1v) is 10.2. The molecule has 30 heavy (non-hydrogen) atoms. The van der Waals surface area contributed by atoms with Crippen LogP contribution in [0.15, 0.2) is 64.5 Å². The maximum absolute atomic E-state index is 13.0. The summed E-state index contributed by atoms with van der Waals surface area (Å²) in [7, 11) is 0. The molecule has 0 unspecified atom stereocenters. The Morgan fingerprint density at radius 2 is 1.67 bits per heavy atom. The molecule has 4 aromatic rings. The third-order valence-corrected chi connectivity index (χ3v) is 5.25. The number of carbonyl (C=O) groups excluding carboxylic acids is 1. The van der Waals surface area contributed by atoms with E-state index in [1.54, 1.807) is 16.3 Å². The van der Waals surface area contributed by atoms with Crippen LogP contribution < -0.4 is 10.6 Å². The summed E-state index contributed by atoms with van der Waals surface area (Å²) in [6.45, 7) is 3.89. The zero-order valence-electron chi connectivity index (χ0n) is 16.4. The lowest BCUT2D eigenvalue weighted by Gasteiger charge is -2.09. The molecule has 152 valence electrons. The van der Waals surface area contributed by atoms with Gasteiger partial charge >= 0.3 is 6.03 Å². The van der Waals surface area contributed by atoms with Crippen LogP contribution >= 0.6 is 11.8 Å². The fraction of sp³-hybridized carbons (Fsp3) is 0.143. The highest BCUT2D eigenvalue weighted by Gasteiger charge is 2.11. The zero-order valence-corrected chi connectivity index (χ0v) is 17.2. The average molecular weight is 422 g/mol. The molecule has 0 bridgehead atoms. The van der Waals surface area contributed by atoms with Crippen molar-refractivity contribution in [1.82, 2.24) is 19.6 Å². The molecule has 2 aromatic carbocycles. The summed E-state index contributed by atoms with van der Waals surface area (Å²) in [5, 5.41) is 10.8. The number of benzene rings is 2. The Balaban J connectivity index is 1.45. The van der Waals surface area contributed by atoms with E-state index in [9.17, 15) is 9.18 Å². The molecule has 0 aliphatic carbocycles. The molecule has 2 heterocycles. The van der Waals surface area contributed by atoms with Crippen LogP contribution in [0.3, 0.4) is 0 Å². The van der Waals surface area contributed by atoms with Gasteiger partial charge in [-0.1, -0.05) is 18.7 Å². The maximum Gasteiger partial charge on any atom is 0.323 e. The number of urea groups is 1. The molecule has 0 radical (unpaired) electrons. The van der Waals surface area contributed by atoms with Crippen molar-refractivity contribution in [2.24, 2.45) is 0 Å². The van der Waals surface area contributed by atoms with Crippen LogP contribution in [0.2, 0.25) is 0 Å². The van der Waals surface area contributed by atoms with Gasteiger partial charge < -0.3 is 10.6 Å². The van der Waals surface area contributed by atoms with Gasteiger partial charge in [0.2, 0.25) is 0 Å². The number of fused-ring (bicyclic) bond motifs is 1. The van der Waals surface area contributed by atoms with Gasteiger partial charge in [0.05, 0.1) is 0 Å². The van der Waals surface area contributed by atoms with E-state index in [1.165, 1.54) is 24.3 Å². The molecule has 0 aliphatic rings. The lowest BCUT2D eigenvalue weighted by Crippen LogP contribution is -2.19. The van der Waals surface area contributed by atoms with E-state index in [0.717, 1.165) is 22.0 Å². The molecule has 2 N–H and O–H groups in total. The highest BCUT2D eigenvalue weighted by atomic mass is 32.2. The predicted octanol–water partition coefficient (Wildman–Crippen LogP) is 4.93. The van der Waals surface area contributed by atoms with Crippen LogP contribution in [-0.4, -0.2) is 25.6 Å². The van der Waals surface area contributed by atoms with Crippen molar-refractivity contribution in [3.63, 3.8) is 0 Å². The first-order chi connectivity index (χ1) is 14.5. The second kappa shape index (κ2) is 8.50. The number of hydrogen-bond donors (Lipinski definition) is 2. The summed E-state index contributed by atoms with van der Waals surface area (Å²) in [6.07, 6.45) is 0.808. The van der Waals surface area contributed by atoms with Crippen molar-refractivity contribution >= 4 is 34.9 Å². The highest BCUT2D eigenvalue weighted by Crippen LogP contribution is 2.29. The smallest absolute Gasteiger partial charge is 0.308 e. The van der Waals surface area contributed by atoms with E-state index in [1.807, 2.05) is 44.2 Å². The number of rotatable bonds is 5. The number of hydrogen-bond acceptors (Lipinski definition) is 5. The molecule has 2 amide bonds. The Hall–Kier alpha value is -3.46. The molecule has 0 spiro atoms. The molecule has 0 atom stereocenters. The minimum Gasteiger partial charge on any atom is -0.308 e. The fourth-order valence-electron chi connectivity index (χ4n) is 2.80. The summed E-state index contributed by atoms with van der Waals surface area (Å²) in [5.74, 6) is 0.905. The van der Waals surface area contributed by atoms with E-state index in [4.69, 9.17) is 0 Å². The molecule has 2 aromatic heterocycles. The predicted molar refractivity (Wildman–Crippen MR) is 115 cm³/mol. The van der Waals surface area contributed by atoms with Crippen molar-refractivity contribution in [1.29, 1.82) is 0 Å². The van der Waals surface area contributed by atoms with Gasteiger partial charge in [0.15, 0.2) is 0 Å². The summed E-state index contributed by atoms with van der Waals surface area (Å²) >= 11 is 1.55. The number of halogens is 1. The van der Waals surface area contributed by atoms with Crippen LogP contribution in [0, 0.1) is 12.7 Å². The largest absolute Gasteiger partial charge is 0.323 e. The molecular weight excluding hydrogens is 403 g/mol. The summed E-state index contributed by atoms with van der Waals surface area (Å²) in [4.78, 5) is 22.0. The van der Waals surface area contributed by atoms with E-state index in [-0.39, 0.29) is 5.82 Å². The van der Waals surface area contributed by atoms with Gasteiger partial charge in [-0.05, 0) is 67.9 Å². The quantitative estimate of drug-likeness (QED) is 0.446. The van der Waals surface area contributed by atoms with Crippen molar-refractivity contribution in [3.05, 3.63) is 71.9 Å². The van der Waals surface area contributed by atoms with E-state index in [2.05, 4.69) is 25.7 Å². The van der Waals surface area contributed by atoms with E-state index >= 15 is 0 Å². The first-order valence-electron chi connectivity index (χ1n) is 9.35. The van der Waals surface area contributed by atoms with Crippen molar-refractivity contribution in [2.45, 2.75) is 30.2 Å². The summed E-state index contributed by atoms with van der Waals surface area (Å²) in [6, 6.07) is 14.7.